The van der Waals surface area contributed by atoms with Gasteiger partial charge in [0.15, 0.2) is 0 Å². The van der Waals surface area contributed by atoms with Gasteiger partial charge >= 0.3 is 0 Å². The van der Waals surface area contributed by atoms with Crippen LogP contribution in [0.5, 0.6) is 0 Å². The fraction of sp³-hybridized carbons (Fsp3) is 0.167. The van der Waals surface area contributed by atoms with Gasteiger partial charge in [-0.15, -0.1) is 11.8 Å². The van der Waals surface area contributed by atoms with Gasteiger partial charge in [0.2, 0.25) is 0 Å². The van der Waals surface area contributed by atoms with E-state index in [-0.39, 0.29) is 0 Å². The average Bonchev–Trinajstić information content (AvgIpc) is 2.96. The van der Waals surface area contributed by atoms with E-state index in [1.54, 1.807) is 11.8 Å². The summed E-state index contributed by atoms with van der Waals surface area (Å²) in [7, 11) is 0. The van der Waals surface area contributed by atoms with Gasteiger partial charge in [-0.25, -0.2) is 4.98 Å². The first-order valence-electron chi connectivity index (χ1n) is 7.38. The largest absolute Gasteiger partial charge is 0.316 e. The minimum Gasteiger partial charge on any atom is -0.316 e. The third kappa shape index (κ3) is 3.47. The predicted octanol–water partition coefficient (Wildman–Crippen LogP) is 4.05. The Morgan fingerprint density at radius 3 is 2.61 bits per heavy atom. The molecule has 0 aliphatic carbocycles. The minimum atomic E-state index is 0.341. The van der Waals surface area contributed by atoms with Crippen molar-refractivity contribution in [2.45, 2.75) is 18.4 Å². The molecule has 0 aliphatic heterocycles. The number of aromatic nitrogens is 2. The van der Waals surface area contributed by atoms with Gasteiger partial charge in [0.05, 0.1) is 12.2 Å². The standard InChI is InChI=1S/C18H19N3OS/c1-13-20-16(11-19-22)12-21(13)17-8-6-14(7-9-17)15-4-3-5-18(10-15)23-2/h3-10,12,19,22H,11H2,1-2H3. The molecule has 1 aromatic heterocycles. The van der Waals surface area contributed by atoms with Crippen molar-refractivity contribution >= 4 is 11.8 Å². The first kappa shape index (κ1) is 15.8. The van der Waals surface area contributed by atoms with Crippen LogP contribution in [0, 0.1) is 6.92 Å². The first-order chi connectivity index (χ1) is 11.2. The molecule has 0 unspecified atom stereocenters. The number of benzene rings is 2. The third-order valence-corrected chi connectivity index (χ3v) is 4.47. The molecule has 4 nitrogen and oxygen atoms in total. The van der Waals surface area contributed by atoms with Gasteiger partial charge in [0, 0.05) is 16.8 Å². The highest BCUT2D eigenvalue weighted by Gasteiger charge is 2.06. The smallest absolute Gasteiger partial charge is 0.110 e. The summed E-state index contributed by atoms with van der Waals surface area (Å²) in [6.07, 6.45) is 4.02. The van der Waals surface area contributed by atoms with Gasteiger partial charge in [-0.3, -0.25) is 0 Å². The van der Waals surface area contributed by atoms with Crippen molar-refractivity contribution in [1.82, 2.24) is 15.0 Å². The number of imidazole rings is 1. The van der Waals surface area contributed by atoms with Crippen LogP contribution in [0.4, 0.5) is 0 Å². The summed E-state index contributed by atoms with van der Waals surface area (Å²) >= 11 is 1.75. The number of thioether (sulfide) groups is 1. The fourth-order valence-electron chi connectivity index (χ4n) is 2.58. The van der Waals surface area contributed by atoms with Crippen LogP contribution >= 0.6 is 11.8 Å². The van der Waals surface area contributed by atoms with E-state index in [0.29, 0.717) is 6.54 Å². The van der Waals surface area contributed by atoms with E-state index < -0.39 is 0 Å². The molecule has 1 heterocycles. The topological polar surface area (TPSA) is 50.1 Å². The fourth-order valence-corrected chi connectivity index (χ4v) is 3.04. The lowest BCUT2D eigenvalue weighted by Crippen LogP contribution is -2.06. The van der Waals surface area contributed by atoms with Crippen LogP contribution in [0.1, 0.15) is 11.5 Å². The van der Waals surface area contributed by atoms with E-state index in [4.69, 9.17) is 5.21 Å². The Bertz CT molecular complexity index is 796. The Kier molecular flexibility index (Phi) is 4.81. The van der Waals surface area contributed by atoms with Crippen LogP contribution in [0.25, 0.3) is 16.8 Å². The first-order valence-corrected chi connectivity index (χ1v) is 8.60. The molecular formula is C18H19N3OS. The molecule has 5 heteroatoms. The van der Waals surface area contributed by atoms with Crippen molar-refractivity contribution in [3.05, 3.63) is 66.2 Å². The van der Waals surface area contributed by atoms with Crippen LogP contribution in [0.3, 0.4) is 0 Å². The van der Waals surface area contributed by atoms with Crippen LogP contribution in [0.15, 0.2) is 59.6 Å². The summed E-state index contributed by atoms with van der Waals surface area (Å²) < 4.78 is 2.02. The van der Waals surface area contributed by atoms with Gasteiger partial charge in [-0.1, -0.05) is 24.3 Å². The second kappa shape index (κ2) is 7.00. The van der Waals surface area contributed by atoms with Gasteiger partial charge < -0.3 is 9.77 Å². The summed E-state index contributed by atoms with van der Waals surface area (Å²) in [6, 6.07) is 17.0. The molecule has 2 N–H and O–H groups in total. The van der Waals surface area contributed by atoms with Crippen LogP contribution < -0.4 is 5.48 Å². The average molecular weight is 325 g/mol. The van der Waals surface area contributed by atoms with Crippen molar-refractivity contribution in [3.8, 4) is 16.8 Å². The zero-order valence-corrected chi connectivity index (χ0v) is 14.0. The maximum Gasteiger partial charge on any atom is 0.110 e. The molecule has 0 aliphatic rings. The lowest BCUT2D eigenvalue weighted by molar-refractivity contribution is 0.160. The normalized spacial score (nSPS) is 10.9. The molecule has 0 spiro atoms. The molecule has 23 heavy (non-hydrogen) atoms. The molecule has 0 saturated heterocycles. The van der Waals surface area contributed by atoms with Gasteiger partial charge in [0.25, 0.3) is 0 Å². The molecule has 0 bridgehead atoms. The van der Waals surface area contributed by atoms with Crippen LogP contribution in [0.2, 0.25) is 0 Å². The molecule has 3 rings (SSSR count). The Balaban J connectivity index is 1.89. The van der Waals surface area contributed by atoms with Crippen LogP contribution in [-0.2, 0) is 6.54 Å². The molecule has 118 valence electrons. The number of rotatable bonds is 5. The number of hydrogen-bond donors (Lipinski definition) is 2. The second-order valence-electron chi connectivity index (χ2n) is 5.26. The van der Waals surface area contributed by atoms with Crippen molar-refractivity contribution < 1.29 is 5.21 Å². The molecule has 0 atom stereocenters. The SMILES string of the molecule is CSc1cccc(-c2ccc(-n3cc(CNO)nc3C)cc2)c1. The molecule has 0 amide bonds. The number of nitrogens with one attached hydrogen (secondary N) is 1. The molecule has 3 aromatic rings. The quantitative estimate of drug-likeness (QED) is 0.549. The highest BCUT2D eigenvalue weighted by molar-refractivity contribution is 7.98. The summed E-state index contributed by atoms with van der Waals surface area (Å²) in [5.41, 5.74) is 6.42. The molecule has 0 fully saturated rings. The summed E-state index contributed by atoms with van der Waals surface area (Å²) in [5.74, 6) is 0.896. The highest BCUT2D eigenvalue weighted by atomic mass is 32.2. The second-order valence-corrected chi connectivity index (χ2v) is 6.14. The Morgan fingerprint density at radius 2 is 1.91 bits per heavy atom. The highest BCUT2D eigenvalue weighted by Crippen LogP contribution is 2.25. The van der Waals surface area contributed by atoms with Gasteiger partial charge in [-0.2, -0.15) is 5.48 Å². The van der Waals surface area contributed by atoms with Gasteiger partial charge in [-0.05, 0) is 48.6 Å². The number of nitrogens with zero attached hydrogens (tertiary/aromatic N) is 2. The lowest BCUT2D eigenvalue weighted by atomic mass is 10.1. The number of aryl methyl sites for hydroxylation is 1. The third-order valence-electron chi connectivity index (χ3n) is 3.74. The Morgan fingerprint density at radius 1 is 1.13 bits per heavy atom. The molecular weight excluding hydrogens is 306 g/mol. The van der Waals surface area contributed by atoms with Gasteiger partial charge in [0.1, 0.15) is 5.82 Å². The maximum atomic E-state index is 8.79. The van der Waals surface area contributed by atoms with E-state index >= 15 is 0 Å². The monoisotopic (exact) mass is 325 g/mol. The molecule has 0 radical (unpaired) electrons. The minimum absolute atomic E-state index is 0.341. The summed E-state index contributed by atoms with van der Waals surface area (Å²) in [5, 5.41) is 8.79. The van der Waals surface area contributed by atoms with E-state index in [1.165, 1.54) is 16.0 Å². The molecule has 2 aromatic carbocycles. The van der Waals surface area contributed by atoms with E-state index in [0.717, 1.165) is 17.2 Å². The van der Waals surface area contributed by atoms with Crippen molar-refractivity contribution in [1.29, 1.82) is 0 Å². The molecule has 0 saturated carbocycles. The van der Waals surface area contributed by atoms with E-state index in [1.807, 2.05) is 17.7 Å². The predicted molar refractivity (Wildman–Crippen MR) is 94.1 cm³/mol. The maximum absolute atomic E-state index is 8.79. The number of hydrogen-bond acceptors (Lipinski definition) is 4. The number of hydroxylamine groups is 1. The lowest BCUT2D eigenvalue weighted by Gasteiger charge is -2.08. The Labute approximate surface area is 140 Å². The van der Waals surface area contributed by atoms with E-state index in [9.17, 15) is 0 Å². The zero-order valence-electron chi connectivity index (χ0n) is 13.2. The summed E-state index contributed by atoms with van der Waals surface area (Å²) in [6.45, 7) is 2.30. The van der Waals surface area contributed by atoms with Crippen LogP contribution in [-0.4, -0.2) is 21.0 Å². The van der Waals surface area contributed by atoms with E-state index in [2.05, 4.69) is 65.3 Å². The Hall–Kier alpha value is -2.08. The van der Waals surface area contributed by atoms with Crippen molar-refractivity contribution in [2.24, 2.45) is 0 Å². The van der Waals surface area contributed by atoms with Crippen molar-refractivity contribution in [2.75, 3.05) is 6.26 Å². The summed E-state index contributed by atoms with van der Waals surface area (Å²) in [4.78, 5) is 5.68. The van der Waals surface area contributed by atoms with Crippen molar-refractivity contribution in [3.63, 3.8) is 0 Å². The zero-order chi connectivity index (χ0) is 16.2.